The molecule has 2 aromatic heterocycles. The summed E-state index contributed by atoms with van der Waals surface area (Å²) in [6, 6.07) is 6.46. The van der Waals surface area contributed by atoms with Gasteiger partial charge in [-0.3, -0.25) is 4.79 Å². The van der Waals surface area contributed by atoms with Crippen LogP contribution in [-0.2, 0) is 0 Å². The molecule has 0 aliphatic carbocycles. The number of hydrogen-bond donors (Lipinski definition) is 3. The average Bonchev–Trinajstić information content (AvgIpc) is 2.96. The van der Waals surface area contributed by atoms with Crippen molar-refractivity contribution in [1.29, 1.82) is 0 Å². The van der Waals surface area contributed by atoms with E-state index >= 15 is 0 Å². The van der Waals surface area contributed by atoms with Gasteiger partial charge in [0.1, 0.15) is 11.3 Å². The zero-order valence-corrected chi connectivity index (χ0v) is 11.1. The maximum absolute atomic E-state index is 11.0. The van der Waals surface area contributed by atoms with Gasteiger partial charge >= 0.3 is 0 Å². The molecular weight excluding hydrogens is 272 g/mol. The van der Waals surface area contributed by atoms with Crippen molar-refractivity contribution < 1.29 is 9.53 Å². The second-order valence-corrected chi connectivity index (χ2v) is 4.19. The second kappa shape index (κ2) is 5.08. The fraction of sp³-hybridized carbons (Fsp3) is 0.0769. The number of carbonyl (C=O) groups is 1. The molecule has 0 saturated carbocycles. The van der Waals surface area contributed by atoms with E-state index in [2.05, 4.69) is 25.3 Å². The molecule has 0 fully saturated rings. The number of anilines is 1. The minimum atomic E-state index is -0.489. The molecule has 1 amide bonds. The molecule has 8 nitrogen and oxygen atoms in total. The summed E-state index contributed by atoms with van der Waals surface area (Å²) in [7, 11) is 1.71. The first-order valence-corrected chi connectivity index (χ1v) is 6.14. The average molecular weight is 284 g/mol. The van der Waals surface area contributed by atoms with Crippen LogP contribution in [0.15, 0.2) is 30.6 Å². The Morgan fingerprint density at radius 2 is 2.05 bits per heavy atom. The minimum Gasteiger partial charge on any atom is -0.437 e. The third-order valence-corrected chi connectivity index (χ3v) is 2.83. The van der Waals surface area contributed by atoms with E-state index in [9.17, 15) is 4.79 Å². The Morgan fingerprint density at radius 3 is 2.71 bits per heavy atom. The largest absolute Gasteiger partial charge is 0.437 e. The number of fused-ring (bicyclic) bond motifs is 1. The van der Waals surface area contributed by atoms with Gasteiger partial charge in [0, 0.05) is 12.6 Å². The number of primary amides is 1. The first-order valence-electron chi connectivity index (χ1n) is 6.14. The van der Waals surface area contributed by atoms with Crippen molar-refractivity contribution in [2.45, 2.75) is 0 Å². The third-order valence-electron chi connectivity index (χ3n) is 2.83. The Labute approximate surface area is 119 Å². The Balaban J connectivity index is 1.97. The van der Waals surface area contributed by atoms with Crippen LogP contribution in [0.25, 0.3) is 11.2 Å². The van der Waals surface area contributed by atoms with Crippen molar-refractivity contribution in [3.63, 3.8) is 0 Å². The molecule has 0 aliphatic heterocycles. The molecule has 0 aliphatic rings. The summed E-state index contributed by atoms with van der Waals surface area (Å²) < 4.78 is 5.71. The highest BCUT2D eigenvalue weighted by molar-refractivity contribution is 5.92. The number of nitrogens with two attached hydrogens (primary N) is 1. The van der Waals surface area contributed by atoms with E-state index in [1.165, 1.54) is 6.33 Å². The number of amides is 1. The molecule has 2 heterocycles. The lowest BCUT2D eigenvalue weighted by molar-refractivity contribution is 0.100. The normalized spacial score (nSPS) is 10.5. The monoisotopic (exact) mass is 284 g/mol. The SMILES string of the molecule is CNc1nc(Oc2ccc(C(N)=O)cc2)c2[nH]cnc2n1. The molecule has 0 atom stereocenters. The minimum absolute atomic E-state index is 0.341. The van der Waals surface area contributed by atoms with Gasteiger partial charge in [0.25, 0.3) is 5.88 Å². The van der Waals surface area contributed by atoms with Gasteiger partial charge in [-0.15, -0.1) is 0 Å². The molecule has 106 valence electrons. The number of aromatic amines is 1. The predicted molar refractivity (Wildman–Crippen MR) is 76.3 cm³/mol. The number of aromatic nitrogens is 4. The molecule has 4 N–H and O–H groups in total. The lowest BCUT2D eigenvalue weighted by Crippen LogP contribution is -2.10. The van der Waals surface area contributed by atoms with Gasteiger partial charge in [-0.1, -0.05) is 0 Å². The van der Waals surface area contributed by atoms with Crippen LogP contribution in [0.1, 0.15) is 10.4 Å². The van der Waals surface area contributed by atoms with Crippen LogP contribution in [0.5, 0.6) is 11.6 Å². The van der Waals surface area contributed by atoms with Crippen LogP contribution in [-0.4, -0.2) is 32.9 Å². The van der Waals surface area contributed by atoms with Crippen LogP contribution in [0.4, 0.5) is 5.95 Å². The van der Waals surface area contributed by atoms with Gasteiger partial charge < -0.3 is 20.8 Å². The zero-order chi connectivity index (χ0) is 14.8. The first-order chi connectivity index (χ1) is 10.2. The number of benzene rings is 1. The molecule has 3 rings (SSSR count). The summed E-state index contributed by atoms with van der Waals surface area (Å²) in [4.78, 5) is 26.5. The van der Waals surface area contributed by atoms with E-state index in [4.69, 9.17) is 10.5 Å². The molecule has 0 bridgehead atoms. The lowest BCUT2D eigenvalue weighted by Gasteiger charge is -2.07. The molecular formula is C13H12N6O2. The molecule has 8 heteroatoms. The Bertz CT molecular complexity index is 796. The van der Waals surface area contributed by atoms with Crippen molar-refractivity contribution in [2.75, 3.05) is 12.4 Å². The maximum Gasteiger partial charge on any atom is 0.250 e. The molecule has 0 unspecified atom stereocenters. The summed E-state index contributed by atoms with van der Waals surface area (Å²) >= 11 is 0. The molecule has 1 aromatic carbocycles. The lowest BCUT2D eigenvalue weighted by atomic mass is 10.2. The van der Waals surface area contributed by atoms with Crippen molar-refractivity contribution in [1.82, 2.24) is 19.9 Å². The highest BCUT2D eigenvalue weighted by Gasteiger charge is 2.11. The fourth-order valence-electron chi connectivity index (χ4n) is 1.79. The number of rotatable bonds is 4. The van der Waals surface area contributed by atoms with E-state index in [0.29, 0.717) is 34.3 Å². The van der Waals surface area contributed by atoms with Crippen molar-refractivity contribution in [2.24, 2.45) is 5.73 Å². The van der Waals surface area contributed by atoms with Crippen LogP contribution in [0, 0.1) is 0 Å². The third kappa shape index (κ3) is 2.46. The predicted octanol–water partition coefficient (Wildman–Crippen LogP) is 1.29. The Hall–Kier alpha value is -3.16. The molecule has 21 heavy (non-hydrogen) atoms. The van der Waals surface area contributed by atoms with Crippen LogP contribution < -0.4 is 15.8 Å². The van der Waals surface area contributed by atoms with Gasteiger partial charge in [-0.25, -0.2) is 4.98 Å². The number of hydrogen-bond acceptors (Lipinski definition) is 6. The standard InChI is InChI=1S/C13H12N6O2/c1-15-13-18-11-9(16-6-17-11)12(19-13)21-8-4-2-7(3-5-8)10(14)20/h2-6H,1H3,(H2,14,20)(H2,15,16,17,18,19). The number of nitrogens with zero attached hydrogens (tertiary/aromatic N) is 3. The van der Waals surface area contributed by atoms with E-state index in [1.54, 1.807) is 31.3 Å². The quantitative estimate of drug-likeness (QED) is 0.664. The van der Waals surface area contributed by atoms with Crippen molar-refractivity contribution >= 4 is 23.0 Å². The van der Waals surface area contributed by atoms with E-state index in [1.807, 2.05) is 0 Å². The van der Waals surface area contributed by atoms with Gasteiger partial charge in [0.15, 0.2) is 5.65 Å². The topological polar surface area (TPSA) is 119 Å². The van der Waals surface area contributed by atoms with Gasteiger partial charge in [0.05, 0.1) is 6.33 Å². The highest BCUT2D eigenvalue weighted by atomic mass is 16.5. The smallest absolute Gasteiger partial charge is 0.250 e. The Morgan fingerprint density at radius 1 is 1.29 bits per heavy atom. The highest BCUT2D eigenvalue weighted by Crippen LogP contribution is 2.26. The summed E-state index contributed by atoms with van der Waals surface area (Å²) in [6.45, 7) is 0. The maximum atomic E-state index is 11.0. The number of nitrogens with one attached hydrogen (secondary N) is 2. The summed E-state index contributed by atoms with van der Waals surface area (Å²) in [5, 5.41) is 2.84. The van der Waals surface area contributed by atoms with E-state index < -0.39 is 5.91 Å². The Kier molecular flexibility index (Phi) is 3.11. The van der Waals surface area contributed by atoms with Gasteiger partial charge in [0.2, 0.25) is 11.9 Å². The number of ether oxygens (including phenoxy) is 1. The summed E-state index contributed by atoms with van der Waals surface area (Å²) in [6.07, 6.45) is 1.52. The van der Waals surface area contributed by atoms with Gasteiger partial charge in [-0.05, 0) is 24.3 Å². The first kappa shape index (κ1) is 12.9. The number of carbonyl (C=O) groups excluding carboxylic acids is 1. The molecule has 0 spiro atoms. The van der Waals surface area contributed by atoms with Crippen molar-refractivity contribution in [3.8, 4) is 11.6 Å². The van der Waals surface area contributed by atoms with Crippen LogP contribution in [0.2, 0.25) is 0 Å². The molecule has 3 aromatic rings. The fourth-order valence-corrected chi connectivity index (χ4v) is 1.79. The second-order valence-electron chi connectivity index (χ2n) is 4.19. The van der Waals surface area contributed by atoms with E-state index in [-0.39, 0.29) is 0 Å². The number of H-pyrrole nitrogens is 1. The zero-order valence-electron chi connectivity index (χ0n) is 11.1. The van der Waals surface area contributed by atoms with Gasteiger partial charge in [-0.2, -0.15) is 9.97 Å². The number of imidazole rings is 1. The molecule has 0 radical (unpaired) electrons. The summed E-state index contributed by atoms with van der Waals surface area (Å²) in [5.74, 6) is 0.778. The van der Waals surface area contributed by atoms with Crippen LogP contribution >= 0.6 is 0 Å². The molecule has 0 saturated heterocycles. The van der Waals surface area contributed by atoms with Crippen molar-refractivity contribution in [3.05, 3.63) is 36.2 Å². The van der Waals surface area contributed by atoms with E-state index in [0.717, 1.165) is 0 Å². The summed E-state index contributed by atoms with van der Waals surface area (Å²) in [5.41, 5.74) is 6.69. The van der Waals surface area contributed by atoms with Crippen LogP contribution in [0.3, 0.4) is 0 Å².